The first-order chi connectivity index (χ1) is 10.8. The molecule has 1 N–H and O–H groups in total. The van der Waals surface area contributed by atoms with E-state index in [0.29, 0.717) is 17.2 Å². The Morgan fingerprint density at radius 2 is 2.27 bits per heavy atom. The summed E-state index contributed by atoms with van der Waals surface area (Å²) < 4.78 is 7.69. The Kier molecular flexibility index (Phi) is 4.45. The number of nitrogens with zero attached hydrogens (tertiary/aromatic N) is 3. The van der Waals surface area contributed by atoms with Gasteiger partial charge in [0.05, 0.1) is 18.4 Å². The highest BCUT2D eigenvalue weighted by atomic mass is 32.1. The Balaban J connectivity index is 2.04. The number of para-hydroxylation sites is 1. The smallest absolute Gasteiger partial charge is 0.216 e. The van der Waals surface area contributed by atoms with Crippen molar-refractivity contribution in [3.63, 3.8) is 0 Å². The van der Waals surface area contributed by atoms with Crippen LogP contribution in [0.4, 0.5) is 0 Å². The van der Waals surface area contributed by atoms with Crippen molar-refractivity contribution in [1.82, 2.24) is 14.9 Å². The summed E-state index contributed by atoms with van der Waals surface area (Å²) in [5.74, 6) is 1.38. The average molecular weight is 330 g/mol. The first kappa shape index (κ1) is 14.7. The summed E-state index contributed by atoms with van der Waals surface area (Å²) >= 11 is 6.89. The van der Waals surface area contributed by atoms with Gasteiger partial charge in [0, 0.05) is 5.56 Å². The monoisotopic (exact) mass is 330 g/mol. The fourth-order valence-electron chi connectivity index (χ4n) is 1.98. The first-order valence-corrected chi connectivity index (χ1v) is 8.11. The van der Waals surface area contributed by atoms with Crippen molar-refractivity contribution in [1.29, 1.82) is 0 Å². The van der Waals surface area contributed by atoms with Crippen molar-refractivity contribution in [2.24, 2.45) is 5.10 Å². The highest BCUT2D eigenvalue weighted by molar-refractivity contribution is 7.71. The number of ether oxygens (including phenoxy) is 1. The SMILES string of the molecule is CCOc1ccccc1-c1n[nH]c(=S)n1/N=C\c1ccsc1. The van der Waals surface area contributed by atoms with Crippen LogP contribution in [0.5, 0.6) is 5.75 Å². The van der Waals surface area contributed by atoms with E-state index in [1.165, 1.54) is 0 Å². The summed E-state index contributed by atoms with van der Waals surface area (Å²) in [5, 5.41) is 15.5. The predicted octanol–water partition coefficient (Wildman–Crippen LogP) is 3.95. The summed E-state index contributed by atoms with van der Waals surface area (Å²) in [6.07, 6.45) is 1.76. The quantitative estimate of drug-likeness (QED) is 0.569. The van der Waals surface area contributed by atoms with Crippen LogP contribution in [-0.4, -0.2) is 27.7 Å². The lowest BCUT2D eigenvalue weighted by molar-refractivity contribution is 0.341. The van der Waals surface area contributed by atoms with Gasteiger partial charge in [-0.1, -0.05) is 12.1 Å². The molecule has 0 aliphatic carbocycles. The molecule has 0 saturated heterocycles. The van der Waals surface area contributed by atoms with Gasteiger partial charge in [-0.25, -0.2) is 5.10 Å². The lowest BCUT2D eigenvalue weighted by Crippen LogP contribution is -1.98. The minimum atomic E-state index is 0.438. The number of rotatable bonds is 5. The molecule has 3 rings (SSSR count). The summed E-state index contributed by atoms with van der Waals surface area (Å²) in [6, 6.07) is 9.69. The maximum atomic E-state index is 5.65. The van der Waals surface area contributed by atoms with Crippen LogP contribution in [0.15, 0.2) is 46.2 Å². The van der Waals surface area contributed by atoms with E-state index >= 15 is 0 Å². The summed E-state index contributed by atoms with van der Waals surface area (Å²) in [7, 11) is 0. The van der Waals surface area contributed by atoms with E-state index in [-0.39, 0.29) is 0 Å². The number of nitrogens with one attached hydrogen (secondary N) is 1. The normalized spacial score (nSPS) is 11.1. The van der Waals surface area contributed by atoms with Crippen LogP contribution in [0.25, 0.3) is 11.4 Å². The fraction of sp³-hybridized carbons (Fsp3) is 0.133. The molecular weight excluding hydrogens is 316 g/mol. The van der Waals surface area contributed by atoms with Crippen LogP contribution < -0.4 is 4.74 Å². The Morgan fingerprint density at radius 3 is 3.05 bits per heavy atom. The van der Waals surface area contributed by atoms with Gasteiger partial charge in [0.1, 0.15) is 5.75 Å². The third-order valence-corrected chi connectivity index (χ3v) is 3.91. The maximum Gasteiger partial charge on any atom is 0.216 e. The topological polar surface area (TPSA) is 55.2 Å². The number of hydrogen-bond donors (Lipinski definition) is 1. The van der Waals surface area contributed by atoms with Crippen LogP contribution >= 0.6 is 23.6 Å². The Bertz CT molecular complexity index is 833. The van der Waals surface area contributed by atoms with E-state index in [1.807, 2.05) is 48.0 Å². The van der Waals surface area contributed by atoms with E-state index in [0.717, 1.165) is 16.9 Å². The number of aromatic nitrogens is 3. The molecule has 0 atom stereocenters. The van der Waals surface area contributed by atoms with Crippen molar-refractivity contribution < 1.29 is 4.74 Å². The summed E-state index contributed by atoms with van der Waals surface area (Å²) in [5.41, 5.74) is 1.87. The lowest BCUT2D eigenvalue weighted by atomic mass is 10.2. The van der Waals surface area contributed by atoms with Gasteiger partial charge in [0.2, 0.25) is 4.77 Å². The highest BCUT2D eigenvalue weighted by Crippen LogP contribution is 2.28. The molecule has 1 aromatic carbocycles. The van der Waals surface area contributed by atoms with Crippen molar-refractivity contribution in [3.8, 4) is 17.1 Å². The number of H-pyrrole nitrogens is 1. The molecule has 0 fully saturated rings. The van der Waals surface area contributed by atoms with Crippen LogP contribution in [0, 0.1) is 4.77 Å². The molecule has 22 heavy (non-hydrogen) atoms. The van der Waals surface area contributed by atoms with Crippen LogP contribution in [0.1, 0.15) is 12.5 Å². The zero-order valence-electron chi connectivity index (χ0n) is 11.9. The van der Waals surface area contributed by atoms with E-state index in [1.54, 1.807) is 22.2 Å². The Hall–Kier alpha value is -2.25. The Labute approximate surface area is 136 Å². The molecule has 0 saturated carbocycles. The fourth-order valence-corrected chi connectivity index (χ4v) is 2.77. The molecule has 0 aliphatic rings. The zero-order chi connectivity index (χ0) is 15.4. The van der Waals surface area contributed by atoms with Crippen molar-refractivity contribution in [3.05, 3.63) is 51.4 Å². The van der Waals surface area contributed by atoms with Gasteiger partial charge in [0.15, 0.2) is 5.82 Å². The third-order valence-electron chi connectivity index (χ3n) is 2.94. The van der Waals surface area contributed by atoms with Crippen LogP contribution in [0.2, 0.25) is 0 Å². The predicted molar refractivity (Wildman–Crippen MR) is 91.3 cm³/mol. The standard InChI is InChI=1S/C15H14N4OS2/c1-2-20-13-6-4-3-5-12(13)14-17-18-15(21)19(14)16-9-11-7-8-22-10-11/h3-10H,2H2,1H3,(H,18,21)/b16-9-. The number of aromatic amines is 1. The molecule has 0 bridgehead atoms. The number of hydrogen-bond acceptors (Lipinski definition) is 5. The van der Waals surface area contributed by atoms with Gasteiger partial charge in [-0.05, 0) is 48.1 Å². The average Bonchev–Trinajstić information content (AvgIpc) is 3.16. The van der Waals surface area contributed by atoms with Gasteiger partial charge in [-0.2, -0.15) is 26.2 Å². The van der Waals surface area contributed by atoms with Gasteiger partial charge in [-0.15, -0.1) is 0 Å². The molecule has 5 nitrogen and oxygen atoms in total. The lowest BCUT2D eigenvalue weighted by Gasteiger charge is -2.08. The molecule has 0 amide bonds. The number of thiophene rings is 1. The van der Waals surface area contributed by atoms with Crippen molar-refractivity contribution in [2.75, 3.05) is 6.61 Å². The van der Waals surface area contributed by atoms with E-state index in [2.05, 4.69) is 15.3 Å². The second kappa shape index (κ2) is 6.67. The van der Waals surface area contributed by atoms with E-state index < -0.39 is 0 Å². The zero-order valence-corrected chi connectivity index (χ0v) is 13.5. The first-order valence-electron chi connectivity index (χ1n) is 6.75. The van der Waals surface area contributed by atoms with E-state index in [9.17, 15) is 0 Å². The highest BCUT2D eigenvalue weighted by Gasteiger charge is 2.13. The van der Waals surface area contributed by atoms with E-state index in [4.69, 9.17) is 17.0 Å². The summed E-state index contributed by atoms with van der Waals surface area (Å²) in [6.45, 7) is 2.53. The third kappa shape index (κ3) is 3.00. The molecule has 7 heteroatoms. The summed E-state index contributed by atoms with van der Waals surface area (Å²) in [4.78, 5) is 0. The minimum Gasteiger partial charge on any atom is -0.493 e. The van der Waals surface area contributed by atoms with Gasteiger partial charge >= 0.3 is 0 Å². The molecule has 0 unspecified atom stereocenters. The molecule has 3 aromatic rings. The minimum absolute atomic E-state index is 0.438. The second-order valence-corrected chi connectivity index (χ2v) is 5.56. The largest absolute Gasteiger partial charge is 0.493 e. The molecule has 2 heterocycles. The molecule has 0 radical (unpaired) electrons. The molecule has 112 valence electrons. The van der Waals surface area contributed by atoms with Crippen molar-refractivity contribution >= 4 is 29.8 Å². The van der Waals surface area contributed by atoms with Crippen LogP contribution in [-0.2, 0) is 0 Å². The van der Waals surface area contributed by atoms with Crippen molar-refractivity contribution in [2.45, 2.75) is 6.92 Å². The maximum absolute atomic E-state index is 5.65. The number of benzene rings is 1. The van der Waals surface area contributed by atoms with Crippen LogP contribution in [0.3, 0.4) is 0 Å². The second-order valence-electron chi connectivity index (χ2n) is 4.39. The van der Waals surface area contributed by atoms with Gasteiger partial charge < -0.3 is 4.74 Å². The molecular formula is C15H14N4OS2. The molecule has 0 spiro atoms. The Morgan fingerprint density at radius 1 is 1.41 bits per heavy atom. The molecule has 2 aromatic heterocycles. The molecule has 0 aliphatic heterocycles. The van der Waals surface area contributed by atoms with Gasteiger partial charge in [0.25, 0.3) is 0 Å². The van der Waals surface area contributed by atoms with Gasteiger partial charge in [-0.3, -0.25) is 0 Å².